The predicted octanol–water partition coefficient (Wildman–Crippen LogP) is 6.36. The number of carbonyl (C=O) groups excluding carboxylic acids is 1. The second kappa shape index (κ2) is 11.2. The van der Waals surface area contributed by atoms with Crippen molar-refractivity contribution in [3.8, 4) is 0 Å². The van der Waals surface area contributed by atoms with E-state index < -0.39 is 11.7 Å². The van der Waals surface area contributed by atoms with Crippen molar-refractivity contribution in [1.82, 2.24) is 9.47 Å². The molecule has 3 rings (SSSR count). The Morgan fingerprint density at radius 2 is 1.82 bits per heavy atom. The maximum Gasteiger partial charge on any atom is 0.416 e. The zero-order valence-corrected chi connectivity index (χ0v) is 19.6. The van der Waals surface area contributed by atoms with Gasteiger partial charge in [-0.25, -0.2) is 4.79 Å². The molecule has 0 saturated carbocycles. The SMILES string of the molecule is COCCN(Cc1cccn1Cc1cccc(C(F)(F)F)c1)C(=O)Nc1ccc(C(C)C)cc1. The Labute approximate surface area is 198 Å². The highest BCUT2D eigenvalue weighted by Gasteiger charge is 2.30. The summed E-state index contributed by atoms with van der Waals surface area (Å²) in [5.41, 5.74) is 2.53. The summed E-state index contributed by atoms with van der Waals surface area (Å²) in [7, 11) is 1.57. The number of hydrogen-bond donors (Lipinski definition) is 1. The number of methoxy groups -OCH3 is 1. The summed E-state index contributed by atoms with van der Waals surface area (Å²) in [5, 5.41) is 2.92. The van der Waals surface area contributed by atoms with Crippen LogP contribution in [0, 0.1) is 0 Å². The van der Waals surface area contributed by atoms with Gasteiger partial charge in [0.15, 0.2) is 0 Å². The van der Waals surface area contributed by atoms with E-state index in [0.717, 1.165) is 17.8 Å². The number of ether oxygens (including phenoxy) is 1. The molecule has 0 aliphatic heterocycles. The molecule has 1 aromatic heterocycles. The average molecular weight is 474 g/mol. The van der Waals surface area contributed by atoms with Crippen molar-refractivity contribution in [2.75, 3.05) is 25.6 Å². The molecule has 0 bridgehead atoms. The maximum atomic E-state index is 13.1. The minimum absolute atomic E-state index is 0.267. The number of rotatable bonds is 9. The number of aromatic nitrogens is 1. The highest BCUT2D eigenvalue weighted by Crippen LogP contribution is 2.29. The van der Waals surface area contributed by atoms with Crippen LogP contribution in [0.3, 0.4) is 0 Å². The van der Waals surface area contributed by atoms with Crippen LogP contribution in [0.25, 0.3) is 0 Å². The second-order valence-corrected chi connectivity index (χ2v) is 8.45. The molecule has 34 heavy (non-hydrogen) atoms. The van der Waals surface area contributed by atoms with Crippen molar-refractivity contribution in [3.05, 3.63) is 89.2 Å². The lowest BCUT2D eigenvalue weighted by molar-refractivity contribution is -0.137. The van der Waals surface area contributed by atoms with Crippen LogP contribution < -0.4 is 5.32 Å². The lowest BCUT2D eigenvalue weighted by atomic mass is 10.0. The number of nitrogens with one attached hydrogen (secondary N) is 1. The molecule has 8 heteroatoms. The third-order valence-electron chi connectivity index (χ3n) is 5.56. The van der Waals surface area contributed by atoms with Crippen molar-refractivity contribution in [2.45, 2.75) is 39.0 Å². The van der Waals surface area contributed by atoms with E-state index >= 15 is 0 Å². The maximum absolute atomic E-state index is 13.1. The number of carbonyl (C=O) groups is 1. The lowest BCUT2D eigenvalue weighted by Crippen LogP contribution is -2.37. The van der Waals surface area contributed by atoms with Gasteiger partial charge in [-0.2, -0.15) is 13.2 Å². The molecule has 0 atom stereocenters. The fourth-order valence-electron chi connectivity index (χ4n) is 3.59. The van der Waals surface area contributed by atoms with Crippen molar-refractivity contribution in [3.63, 3.8) is 0 Å². The molecule has 2 amide bonds. The molecule has 3 aromatic rings. The minimum atomic E-state index is -4.39. The summed E-state index contributed by atoms with van der Waals surface area (Å²) < 4.78 is 46.2. The molecule has 0 saturated heterocycles. The van der Waals surface area contributed by atoms with Gasteiger partial charge in [-0.05, 0) is 53.4 Å². The van der Waals surface area contributed by atoms with Crippen molar-refractivity contribution in [1.29, 1.82) is 0 Å². The van der Waals surface area contributed by atoms with Gasteiger partial charge in [0.05, 0.1) is 18.7 Å². The number of amides is 2. The Kier molecular flexibility index (Phi) is 8.39. The fourth-order valence-corrected chi connectivity index (χ4v) is 3.59. The summed E-state index contributed by atoms with van der Waals surface area (Å²) in [6.45, 7) is 5.48. The molecular weight excluding hydrogens is 443 g/mol. The van der Waals surface area contributed by atoms with Gasteiger partial charge in [-0.15, -0.1) is 0 Å². The first-order chi connectivity index (χ1) is 16.2. The van der Waals surface area contributed by atoms with E-state index in [2.05, 4.69) is 19.2 Å². The number of hydrogen-bond acceptors (Lipinski definition) is 2. The Morgan fingerprint density at radius 1 is 1.09 bits per heavy atom. The molecule has 0 unspecified atom stereocenters. The van der Waals surface area contributed by atoms with Gasteiger partial charge in [0.25, 0.3) is 0 Å². The Hall–Kier alpha value is -3.26. The number of anilines is 1. The Bertz CT molecular complexity index is 1080. The van der Waals surface area contributed by atoms with Crippen LogP contribution >= 0.6 is 0 Å². The summed E-state index contributed by atoms with van der Waals surface area (Å²) >= 11 is 0. The van der Waals surface area contributed by atoms with Gasteiger partial charge < -0.3 is 19.5 Å². The average Bonchev–Trinajstić information content (AvgIpc) is 3.23. The summed E-state index contributed by atoms with van der Waals surface area (Å²) in [4.78, 5) is 14.6. The first-order valence-electron chi connectivity index (χ1n) is 11.1. The summed E-state index contributed by atoms with van der Waals surface area (Å²) in [5.74, 6) is 0.396. The quantitative estimate of drug-likeness (QED) is 0.393. The number of urea groups is 1. The third-order valence-corrected chi connectivity index (χ3v) is 5.56. The monoisotopic (exact) mass is 473 g/mol. The van der Waals surface area contributed by atoms with E-state index in [1.165, 1.54) is 11.6 Å². The number of alkyl halides is 3. The van der Waals surface area contributed by atoms with E-state index in [1.807, 2.05) is 41.0 Å². The highest BCUT2D eigenvalue weighted by molar-refractivity contribution is 5.89. The highest BCUT2D eigenvalue weighted by atomic mass is 19.4. The zero-order valence-electron chi connectivity index (χ0n) is 19.6. The second-order valence-electron chi connectivity index (χ2n) is 8.45. The number of benzene rings is 2. The molecule has 182 valence electrons. The minimum Gasteiger partial charge on any atom is -0.383 e. The molecular formula is C26H30F3N3O2. The van der Waals surface area contributed by atoms with Crippen molar-refractivity contribution >= 4 is 11.7 Å². The van der Waals surface area contributed by atoms with E-state index in [4.69, 9.17) is 4.74 Å². The smallest absolute Gasteiger partial charge is 0.383 e. The van der Waals surface area contributed by atoms with Crippen LogP contribution in [-0.4, -0.2) is 35.8 Å². The molecule has 5 nitrogen and oxygen atoms in total. The van der Waals surface area contributed by atoms with E-state index in [1.54, 1.807) is 24.3 Å². The van der Waals surface area contributed by atoms with Crippen LogP contribution in [0.1, 0.15) is 42.1 Å². The summed E-state index contributed by atoms with van der Waals surface area (Å²) in [6.07, 6.45) is -2.59. The first kappa shape index (κ1) is 25.4. The fraction of sp³-hybridized carbons (Fsp3) is 0.346. The van der Waals surface area contributed by atoms with Gasteiger partial charge in [0, 0.05) is 37.8 Å². The molecule has 0 fully saturated rings. The van der Waals surface area contributed by atoms with Gasteiger partial charge >= 0.3 is 12.2 Å². The van der Waals surface area contributed by atoms with Crippen LogP contribution in [0.5, 0.6) is 0 Å². The number of halogens is 3. The molecule has 0 aliphatic rings. The normalized spacial score (nSPS) is 11.6. The molecule has 0 aliphatic carbocycles. The Balaban J connectivity index is 1.73. The van der Waals surface area contributed by atoms with Crippen LogP contribution in [0.2, 0.25) is 0 Å². The van der Waals surface area contributed by atoms with E-state index in [9.17, 15) is 18.0 Å². The first-order valence-corrected chi connectivity index (χ1v) is 11.1. The zero-order chi connectivity index (χ0) is 24.7. The molecule has 0 radical (unpaired) electrons. The molecule has 1 N–H and O–H groups in total. The molecule has 1 heterocycles. The topological polar surface area (TPSA) is 46.5 Å². The van der Waals surface area contributed by atoms with Gasteiger partial charge in [-0.1, -0.05) is 38.1 Å². The largest absolute Gasteiger partial charge is 0.416 e. The third kappa shape index (κ3) is 6.87. The lowest BCUT2D eigenvalue weighted by Gasteiger charge is -2.24. The van der Waals surface area contributed by atoms with E-state index in [0.29, 0.717) is 30.3 Å². The van der Waals surface area contributed by atoms with Crippen molar-refractivity contribution in [2.24, 2.45) is 0 Å². The van der Waals surface area contributed by atoms with Crippen LogP contribution in [0.15, 0.2) is 66.9 Å². The summed E-state index contributed by atoms with van der Waals surface area (Å²) in [6, 6.07) is 16.4. The van der Waals surface area contributed by atoms with E-state index in [-0.39, 0.29) is 19.1 Å². The van der Waals surface area contributed by atoms with Crippen LogP contribution in [0.4, 0.5) is 23.7 Å². The predicted molar refractivity (Wildman–Crippen MR) is 127 cm³/mol. The van der Waals surface area contributed by atoms with Gasteiger partial charge in [0.1, 0.15) is 0 Å². The number of nitrogens with zero attached hydrogens (tertiary/aromatic N) is 2. The van der Waals surface area contributed by atoms with Crippen LogP contribution in [-0.2, 0) is 24.0 Å². The molecule has 0 spiro atoms. The Morgan fingerprint density at radius 3 is 2.47 bits per heavy atom. The van der Waals surface area contributed by atoms with Gasteiger partial charge in [-0.3, -0.25) is 0 Å². The van der Waals surface area contributed by atoms with Crippen molar-refractivity contribution < 1.29 is 22.7 Å². The standard InChI is InChI=1S/C26H30F3N3O2/c1-19(2)21-9-11-23(12-10-21)30-25(33)32(14-15-34-3)18-24-8-5-13-31(24)17-20-6-4-7-22(16-20)26(27,28)29/h4-13,16,19H,14-15,17-18H2,1-3H3,(H,30,33). The molecule has 2 aromatic carbocycles. The van der Waals surface area contributed by atoms with Gasteiger partial charge in [0.2, 0.25) is 0 Å².